The van der Waals surface area contributed by atoms with Gasteiger partial charge in [-0.2, -0.15) is 0 Å². The van der Waals surface area contributed by atoms with Crippen molar-refractivity contribution in [3.8, 4) is 0 Å². The van der Waals surface area contributed by atoms with Crippen molar-refractivity contribution in [1.29, 1.82) is 0 Å². The largest absolute Gasteiger partial charge is 0.467 e. The highest BCUT2D eigenvalue weighted by Crippen LogP contribution is 2.24. The predicted molar refractivity (Wildman–Crippen MR) is 89.5 cm³/mol. The standard InChI is InChI=1S/C16H28O7S/c1-10-6-4-3-5-7-11(17)12(18)8-14(16(21)23-10)24-9-13(19)15(20)22-2/h10-14,17-19H,3-9H2,1-2H3. The number of hydrogen-bond donors (Lipinski definition) is 3. The van der Waals surface area contributed by atoms with Crippen LogP contribution in [0, 0.1) is 0 Å². The van der Waals surface area contributed by atoms with E-state index in [9.17, 15) is 24.9 Å². The summed E-state index contributed by atoms with van der Waals surface area (Å²) in [6.45, 7) is 1.82. The maximum Gasteiger partial charge on any atom is 0.335 e. The molecule has 1 aliphatic rings. The van der Waals surface area contributed by atoms with Crippen LogP contribution in [0.4, 0.5) is 0 Å². The molecule has 7 nitrogen and oxygen atoms in total. The summed E-state index contributed by atoms with van der Waals surface area (Å²) in [7, 11) is 1.17. The van der Waals surface area contributed by atoms with Crippen LogP contribution >= 0.6 is 11.8 Å². The zero-order valence-electron chi connectivity index (χ0n) is 14.2. The molecule has 1 rings (SSSR count). The van der Waals surface area contributed by atoms with Gasteiger partial charge in [0.2, 0.25) is 0 Å². The Balaban J connectivity index is 2.72. The van der Waals surface area contributed by atoms with Crippen LogP contribution in [0.3, 0.4) is 0 Å². The minimum absolute atomic E-state index is 0.00524. The lowest BCUT2D eigenvalue weighted by molar-refractivity contribution is -0.150. The number of thioether (sulfide) groups is 1. The summed E-state index contributed by atoms with van der Waals surface area (Å²) in [5, 5.41) is 29.0. The van der Waals surface area contributed by atoms with E-state index in [0.717, 1.165) is 37.4 Å². The molecule has 0 amide bonds. The average molecular weight is 364 g/mol. The van der Waals surface area contributed by atoms with E-state index in [0.29, 0.717) is 6.42 Å². The van der Waals surface area contributed by atoms with Gasteiger partial charge in [0.25, 0.3) is 0 Å². The third-order valence-electron chi connectivity index (χ3n) is 4.02. The topological polar surface area (TPSA) is 113 Å². The van der Waals surface area contributed by atoms with Crippen molar-refractivity contribution in [1.82, 2.24) is 0 Å². The van der Waals surface area contributed by atoms with Crippen LogP contribution in [-0.4, -0.2) is 69.8 Å². The van der Waals surface area contributed by atoms with Crippen LogP contribution in [0.25, 0.3) is 0 Å². The minimum atomic E-state index is -1.35. The summed E-state index contributed by atoms with van der Waals surface area (Å²) in [5.74, 6) is -1.33. The van der Waals surface area contributed by atoms with Gasteiger partial charge < -0.3 is 24.8 Å². The molecule has 0 bridgehead atoms. The van der Waals surface area contributed by atoms with Crippen molar-refractivity contribution < 1.29 is 34.4 Å². The number of cyclic esters (lactones) is 1. The van der Waals surface area contributed by atoms with Crippen molar-refractivity contribution in [2.24, 2.45) is 0 Å². The van der Waals surface area contributed by atoms with Gasteiger partial charge in [-0.1, -0.05) is 12.8 Å². The third-order valence-corrected chi connectivity index (χ3v) is 5.31. The van der Waals surface area contributed by atoms with Gasteiger partial charge in [0.1, 0.15) is 5.25 Å². The van der Waals surface area contributed by atoms with E-state index in [-0.39, 0.29) is 18.3 Å². The molecule has 1 saturated heterocycles. The molecule has 1 aliphatic heterocycles. The first-order chi connectivity index (χ1) is 11.3. The molecule has 1 heterocycles. The summed E-state index contributed by atoms with van der Waals surface area (Å²) in [6.07, 6.45) is 0.290. The van der Waals surface area contributed by atoms with Crippen LogP contribution in [0.2, 0.25) is 0 Å². The van der Waals surface area contributed by atoms with Crippen molar-refractivity contribution in [2.75, 3.05) is 12.9 Å². The highest BCUT2D eigenvalue weighted by atomic mass is 32.2. The van der Waals surface area contributed by atoms with Crippen LogP contribution in [0.1, 0.15) is 45.4 Å². The second kappa shape index (κ2) is 10.9. The summed E-state index contributed by atoms with van der Waals surface area (Å²) in [6, 6.07) is 0. The number of hydrogen-bond acceptors (Lipinski definition) is 8. The fraction of sp³-hybridized carbons (Fsp3) is 0.875. The van der Waals surface area contributed by atoms with Crippen molar-refractivity contribution in [3.63, 3.8) is 0 Å². The monoisotopic (exact) mass is 364 g/mol. The molecule has 5 unspecified atom stereocenters. The number of rotatable bonds is 4. The molecule has 0 aliphatic carbocycles. The number of esters is 2. The summed E-state index contributed by atoms with van der Waals surface area (Å²) >= 11 is 1.02. The molecule has 5 atom stereocenters. The normalized spacial score (nSPS) is 31.3. The average Bonchev–Trinajstić information content (AvgIpc) is 2.55. The lowest BCUT2D eigenvalue weighted by atomic mass is 10.0. The number of ether oxygens (including phenoxy) is 2. The molecule has 0 radical (unpaired) electrons. The molecule has 0 aromatic heterocycles. The van der Waals surface area contributed by atoms with E-state index < -0.39 is 35.5 Å². The van der Waals surface area contributed by atoms with Crippen LogP contribution < -0.4 is 0 Å². The Morgan fingerprint density at radius 1 is 1.29 bits per heavy atom. The third kappa shape index (κ3) is 7.38. The molecular weight excluding hydrogens is 336 g/mol. The molecule has 0 spiro atoms. The van der Waals surface area contributed by atoms with Gasteiger partial charge in [-0.15, -0.1) is 11.8 Å². The highest BCUT2D eigenvalue weighted by Gasteiger charge is 2.30. The first-order valence-corrected chi connectivity index (χ1v) is 9.34. The second-order valence-electron chi connectivity index (χ2n) is 6.12. The minimum Gasteiger partial charge on any atom is -0.467 e. The van der Waals surface area contributed by atoms with Gasteiger partial charge >= 0.3 is 11.9 Å². The quantitative estimate of drug-likeness (QED) is 0.623. The lowest BCUT2D eigenvalue weighted by Crippen LogP contribution is -2.35. The van der Waals surface area contributed by atoms with Crippen molar-refractivity contribution in [2.45, 2.75) is 75.1 Å². The maximum atomic E-state index is 12.3. The summed E-state index contributed by atoms with van der Waals surface area (Å²) < 4.78 is 9.83. The predicted octanol–water partition coefficient (Wildman–Crippen LogP) is 0.630. The van der Waals surface area contributed by atoms with E-state index in [1.807, 2.05) is 6.92 Å². The molecule has 0 aromatic carbocycles. The zero-order chi connectivity index (χ0) is 18.1. The number of carbonyl (C=O) groups excluding carboxylic acids is 2. The van der Waals surface area contributed by atoms with Crippen molar-refractivity contribution in [3.05, 3.63) is 0 Å². The first kappa shape index (κ1) is 21.2. The SMILES string of the molecule is COC(=O)C(O)CSC1CC(O)C(O)CCCCCC(C)OC1=O. The Morgan fingerprint density at radius 2 is 1.96 bits per heavy atom. The van der Waals surface area contributed by atoms with Gasteiger partial charge in [-0.25, -0.2) is 4.79 Å². The van der Waals surface area contributed by atoms with Crippen molar-refractivity contribution >= 4 is 23.7 Å². The Morgan fingerprint density at radius 3 is 2.62 bits per heavy atom. The zero-order valence-corrected chi connectivity index (χ0v) is 15.0. The van der Waals surface area contributed by atoms with E-state index in [1.165, 1.54) is 7.11 Å². The Kier molecular flexibility index (Phi) is 9.65. The fourth-order valence-corrected chi connectivity index (χ4v) is 3.58. The number of carbonyl (C=O) groups is 2. The van der Waals surface area contributed by atoms with Crippen LogP contribution in [-0.2, 0) is 19.1 Å². The van der Waals surface area contributed by atoms with Gasteiger partial charge in [0, 0.05) is 5.75 Å². The highest BCUT2D eigenvalue weighted by molar-refractivity contribution is 8.00. The Hall–Kier alpha value is -0.830. The van der Waals surface area contributed by atoms with Gasteiger partial charge in [-0.05, 0) is 32.6 Å². The molecule has 0 aromatic rings. The van der Waals surface area contributed by atoms with E-state index in [1.54, 1.807) is 0 Å². The number of aliphatic hydroxyl groups is 3. The van der Waals surface area contributed by atoms with Gasteiger partial charge in [0.15, 0.2) is 6.10 Å². The molecule has 8 heteroatoms. The van der Waals surface area contributed by atoms with Crippen LogP contribution in [0.15, 0.2) is 0 Å². The number of methoxy groups -OCH3 is 1. The van der Waals surface area contributed by atoms with Gasteiger partial charge in [-0.3, -0.25) is 4.79 Å². The smallest absolute Gasteiger partial charge is 0.335 e. The first-order valence-electron chi connectivity index (χ1n) is 8.29. The Labute approximate surface area is 146 Å². The summed E-state index contributed by atoms with van der Waals surface area (Å²) in [5.41, 5.74) is 0. The van der Waals surface area contributed by atoms with Crippen LogP contribution in [0.5, 0.6) is 0 Å². The maximum absolute atomic E-state index is 12.3. The van der Waals surface area contributed by atoms with E-state index >= 15 is 0 Å². The number of aliphatic hydroxyl groups excluding tert-OH is 3. The summed E-state index contributed by atoms with van der Waals surface area (Å²) in [4.78, 5) is 23.6. The molecule has 1 fully saturated rings. The molecular formula is C16H28O7S. The fourth-order valence-electron chi connectivity index (χ4n) is 2.51. The molecule has 24 heavy (non-hydrogen) atoms. The second-order valence-corrected chi connectivity index (χ2v) is 7.35. The van der Waals surface area contributed by atoms with E-state index in [2.05, 4.69) is 4.74 Å². The molecule has 140 valence electrons. The Bertz CT molecular complexity index is 404. The molecule has 3 N–H and O–H groups in total. The van der Waals surface area contributed by atoms with E-state index in [4.69, 9.17) is 4.74 Å². The lowest BCUT2D eigenvalue weighted by Gasteiger charge is -2.25. The molecule has 0 saturated carbocycles. The van der Waals surface area contributed by atoms with Gasteiger partial charge in [0.05, 0.1) is 25.4 Å².